The van der Waals surface area contributed by atoms with Gasteiger partial charge >= 0.3 is 0 Å². The number of hydrogen-bond donors (Lipinski definition) is 1. The Hall–Kier alpha value is -3.02. The predicted molar refractivity (Wildman–Crippen MR) is 109 cm³/mol. The number of benzene rings is 2. The second kappa shape index (κ2) is 7.92. The van der Waals surface area contributed by atoms with Crippen LogP contribution in [0.3, 0.4) is 0 Å². The van der Waals surface area contributed by atoms with E-state index in [1.54, 1.807) is 18.2 Å². The van der Waals surface area contributed by atoms with E-state index in [1.165, 1.54) is 11.8 Å². The first-order chi connectivity index (χ1) is 13.3. The van der Waals surface area contributed by atoms with E-state index < -0.39 is 0 Å². The minimum absolute atomic E-state index is 0.0726. The number of carbonyl (C=O) groups is 2. The Labute approximate surface area is 165 Å². The lowest BCUT2D eigenvalue weighted by atomic mass is 9.85. The molecule has 6 heteroatoms. The van der Waals surface area contributed by atoms with Crippen molar-refractivity contribution in [2.45, 2.75) is 33.1 Å². The quantitative estimate of drug-likeness (QED) is 0.875. The first-order valence-corrected chi connectivity index (χ1v) is 9.33. The van der Waals surface area contributed by atoms with Gasteiger partial charge in [0.1, 0.15) is 19.8 Å². The zero-order chi connectivity index (χ0) is 20.3. The van der Waals surface area contributed by atoms with Gasteiger partial charge in [-0.15, -0.1) is 0 Å². The molecule has 148 valence electrons. The molecule has 28 heavy (non-hydrogen) atoms. The monoisotopic (exact) mass is 382 g/mol. The highest BCUT2D eigenvalue weighted by Gasteiger charge is 2.24. The number of carbonyl (C=O) groups excluding carboxylic acids is 2. The minimum atomic E-state index is -0.282. The molecule has 2 amide bonds. The second-order valence-electron chi connectivity index (χ2n) is 7.78. The highest BCUT2D eigenvalue weighted by Crippen LogP contribution is 2.33. The number of rotatable bonds is 4. The predicted octanol–water partition coefficient (Wildman–Crippen LogP) is 3.75. The molecule has 0 unspecified atom stereocenters. The summed E-state index contributed by atoms with van der Waals surface area (Å²) >= 11 is 0. The van der Waals surface area contributed by atoms with Crippen molar-refractivity contribution in [3.8, 4) is 11.5 Å². The van der Waals surface area contributed by atoms with E-state index in [9.17, 15) is 9.59 Å². The molecule has 1 aliphatic heterocycles. The fraction of sp³-hybridized carbons (Fsp3) is 0.364. The summed E-state index contributed by atoms with van der Waals surface area (Å²) in [6.07, 6.45) is 0. The SMILES string of the molecule is CC(=O)N(CC(=O)Nc1ccc2c(c1)OCCO2)c1ccccc1C(C)(C)C. The van der Waals surface area contributed by atoms with E-state index in [4.69, 9.17) is 9.47 Å². The van der Waals surface area contributed by atoms with Gasteiger partial charge in [-0.1, -0.05) is 39.0 Å². The Morgan fingerprint density at radius 3 is 2.39 bits per heavy atom. The summed E-state index contributed by atoms with van der Waals surface area (Å²) in [5.41, 5.74) is 2.20. The maximum atomic E-state index is 12.7. The first kappa shape index (κ1) is 19.7. The molecule has 0 spiro atoms. The molecule has 2 aromatic carbocycles. The third-order valence-electron chi connectivity index (χ3n) is 4.51. The largest absolute Gasteiger partial charge is 0.486 e. The molecule has 0 radical (unpaired) electrons. The molecule has 0 aliphatic carbocycles. The standard InChI is InChI=1S/C22H26N2O4/c1-15(25)24(18-8-6-5-7-17(18)22(2,3)4)14-21(26)23-16-9-10-19-20(13-16)28-12-11-27-19/h5-10,13H,11-12,14H2,1-4H3,(H,23,26). The number of ether oxygens (including phenoxy) is 2. The molecule has 0 aromatic heterocycles. The van der Waals surface area contributed by atoms with Crippen molar-refractivity contribution in [3.63, 3.8) is 0 Å². The number of hydrogen-bond acceptors (Lipinski definition) is 4. The Morgan fingerprint density at radius 2 is 1.71 bits per heavy atom. The van der Waals surface area contributed by atoms with Gasteiger partial charge in [-0.05, 0) is 29.2 Å². The Bertz CT molecular complexity index is 886. The van der Waals surface area contributed by atoms with Gasteiger partial charge < -0.3 is 19.7 Å². The molecule has 1 N–H and O–H groups in total. The van der Waals surface area contributed by atoms with E-state index in [2.05, 4.69) is 26.1 Å². The van der Waals surface area contributed by atoms with Crippen LogP contribution >= 0.6 is 0 Å². The number of anilines is 2. The van der Waals surface area contributed by atoms with Gasteiger partial charge in [-0.2, -0.15) is 0 Å². The van der Waals surface area contributed by atoms with Crippen LogP contribution in [0.2, 0.25) is 0 Å². The smallest absolute Gasteiger partial charge is 0.244 e. The van der Waals surface area contributed by atoms with Gasteiger partial charge in [0.2, 0.25) is 11.8 Å². The van der Waals surface area contributed by atoms with Crippen molar-refractivity contribution in [2.75, 3.05) is 30.0 Å². The summed E-state index contributed by atoms with van der Waals surface area (Å²) in [6, 6.07) is 12.9. The van der Waals surface area contributed by atoms with E-state index in [0.717, 1.165) is 11.3 Å². The summed E-state index contributed by atoms with van der Waals surface area (Å²) in [4.78, 5) is 26.5. The Kier molecular flexibility index (Phi) is 5.58. The lowest BCUT2D eigenvalue weighted by Gasteiger charge is -2.29. The Morgan fingerprint density at radius 1 is 1.04 bits per heavy atom. The van der Waals surface area contributed by atoms with Crippen LogP contribution in [0.4, 0.5) is 11.4 Å². The third kappa shape index (κ3) is 4.44. The molecule has 6 nitrogen and oxygen atoms in total. The van der Waals surface area contributed by atoms with Gasteiger partial charge in [0.25, 0.3) is 0 Å². The molecule has 1 heterocycles. The van der Waals surface area contributed by atoms with E-state index >= 15 is 0 Å². The van der Waals surface area contributed by atoms with Crippen LogP contribution in [-0.2, 0) is 15.0 Å². The molecule has 3 rings (SSSR count). The molecular formula is C22H26N2O4. The highest BCUT2D eigenvalue weighted by molar-refractivity contribution is 6.02. The number of fused-ring (bicyclic) bond motifs is 1. The van der Waals surface area contributed by atoms with Crippen LogP contribution in [0.1, 0.15) is 33.3 Å². The van der Waals surface area contributed by atoms with Crippen LogP contribution in [0.15, 0.2) is 42.5 Å². The molecule has 0 saturated heterocycles. The average molecular weight is 382 g/mol. The van der Waals surface area contributed by atoms with Crippen molar-refractivity contribution in [2.24, 2.45) is 0 Å². The molecule has 0 bridgehead atoms. The van der Waals surface area contributed by atoms with Crippen molar-refractivity contribution in [1.29, 1.82) is 0 Å². The Balaban J connectivity index is 1.79. The van der Waals surface area contributed by atoms with Crippen LogP contribution in [-0.4, -0.2) is 31.6 Å². The molecule has 0 fully saturated rings. The summed E-state index contributed by atoms with van der Waals surface area (Å²) in [5, 5.41) is 2.84. The van der Waals surface area contributed by atoms with E-state index in [0.29, 0.717) is 30.4 Å². The first-order valence-electron chi connectivity index (χ1n) is 9.33. The van der Waals surface area contributed by atoms with Gasteiger partial charge in [0.15, 0.2) is 11.5 Å². The van der Waals surface area contributed by atoms with Gasteiger partial charge in [-0.25, -0.2) is 0 Å². The third-order valence-corrected chi connectivity index (χ3v) is 4.51. The number of nitrogens with one attached hydrogen (secondary N) is 1. The zero-order valence-electron chi connectivity index (χ0n) is 16.7. The fourth-order valence-electron chi connectivity index (χ4n) is 3.17. The lowest BCUT2D eigenvalue weighted by Crippen LogP contribution is -2.38. The van der Waals surface area contributed by atoms with Crippen molar-refractivity contribution in [3.05, 3.63) is 48.0 Å². The van der Waals surface area contributed by atoms with Gasteiger partial charge in [0.05, 0.1) is 0 Å². The van der Waals surface area contributed by atoms with Gasteiger partial charge in [-0.3, -0.25) is 9.59 Å². The number of nitrogens with zero attached hydrogens (tertiary/aromatic N) is 1. The minimum Gasteiger partial charge on any atom is -0.486 e. The van der Waals surface area contributed by atoms with Crippen LogP contribution in [0.25, 0.3) is 0 Å². The number of amides is 2. The summed E-state index contributed by atoms with van der Waals surface area (Å²) < 4.78 is 11.0. The van der Waals surface area contributed by atoms with Crippen LogP contribution in [0.5, 0.6) is 11.5 Å². The second-order valence-corrected chi connectivity index (χ2v) is 7.78. The van der Waals surface area contributed by atoms with Crippen LogP contribution in [0, 0.1) is 0 Å². The molecular weight excluding hydrogens is 356 g/mol. The molecule has 1 aliphatic rings. The fourth-order valence-corrected chi connectivity index (χ4v) is 3.17. The molecule has 0 atom stereocenters. The van der Waals surface area contributed by atoms with Crippen molar-refractivity contribution >= 4 is 23.2 Å². The normalized spacial score (nSPS) is 13.0. The summed E-state index contributed by atoms with van der Waals surface area (Å²) in [5.74, 6) is 0.795. The maximum absolute atomic E-state index is 12.7. The summed E-state index contributed by atoms with van der Waals surface area (Å²) in [6.45, 7) is 8.64. The topological polar surface area (TPSA) is 67.9 Å². The van der Waals surface area contributed by atoms with Crippen molar-refractivity contribution < 1.29 is 19.1 Å². The average Bonchev–Trinajstić information content (AvgIpc) is 2.65. The van der Waals surface area contributed by atoms with E-state index in [1.807, 2.05) is 24.3 Å². The molecule has 2 aromatic rings. The molecule has 0 saturated carbocycles. The zero-order valence-corrected chi connectivity index (χ0v) is 16.7. The number of para-hydroxylation sites is 1. The van der Waals surface area contributed by atoms with Crippen LogP contribution < -0.4 is 19.7 Å². The van der Waals surface area contributed by atoms with Crippen molar-refractivity contribution in [1.82, 2.24) is 0 Å². The lowest BCUT2D eigenvalue weighted by molar-refractivity contribution is -0.120. The van der Waals surface area contributed by atoms with E-state index in [-0.39, 0.29) is 23.8 Å². The summed E-state index contributed by atoms with van der Waals surface area (Å²) in [7, 11) is 0. The maximum Gasteiger partial charge on any atom is 0.244 e. The van der Waals surface area contributed by atoms with Gasteiger partial charge in [0, 0.05) is 24.4 Å². The highest BCUT2D eigenvalue weighted by atomic mass is 16.6.